The Hall–Kier alpha value is -3.68. The van der Waals surface area contributed by atoms with Gasteiger partial charge in [0.05, 0.1) is 46.8 Å². The number of hydrogen-bond donors (Lipinski definition) is 4. The number of carboxylic acid groups (broad SMARTS) is 1. The van der Waals surface area contributed by atoms with Crippen LogP contribution in [0.4, 0.5) is 4.79 Å². The van der Waals surface area contributed by atoms with Gasteiger partial charge < -0.3 is 44.7 Å². The van der Waals surface area contributed by atoms with Crippen molar-refractivity contribution in [2.75, 3.05) is 66.4 Å². The Morgan fingerprint density at radius 2 is 1.44 bits per heavy atom. The fourth-order valence-corrected chi connectivity index (χ4v) is 3.34. The standard InChI is InChI=1S/C28H43N3O10/c1-3-15-41-28(36)31-24(27(34)35)11-12-26(33)30-14-17-39-19-21-40-20-18-38-16-13-29-25(32)6-4-5-22-7-9-23(37-2)10-8-22/h3,7-10,24H,1,4-6,11-21H2,2H3,(H,29,32)(H,30,33)(H,31,36)(H,34,35)/t24-/m0/s1. The first-order valence-electron chi connectivity index (χ1n) is 13.5. The maximum Gasteiger partial charge on any atom is 0.408 e. The van der Waals surface area contributed by atoms with Gasteiger partial charge in [-0.15, -0.1) is 0 Å². The van der Waals surface area contributed by atoms with Gasteiger partial charge in [-0.05, 0) is 37.0 Å². The topological polar surface area (TPSA) is 171 Å². The largest absolute Gasteiger partial charge is 0.497 e. The van der Waals surface area contributed by atoms with Gasteiger partial charge in [0, 0.05) is 25.9 Å². The Kier molecular flexibility index (Phi) is 19.9. The molecule has 230 valence electrons. The van der Waals surface area contributed by atoms with Crippen molar-refractivity contribution in [1.82, 2.24) is 16.0 Å². The SMILES string of the molecule is C=CCOC(=O)N[C@@H](CCC(=O)NCCOCCOCCOCCNC(=O)CCCc1ccc(OC)cc1)C(=O)O. The Morgan fingerprint density at radius 3 is 1.98 bits per heavy atom. The minimum Gasteiger partial charge on any atom is -0.497 e. The summed E-state index contributed by atoms with van der Waals surface area (Å²) in [7, 11) is 1.63. The van der Waals surface area contributed by atoms with Crippen LogP contribution >= 0.6 is 0 Å². The van der Waals surface area contributed by atoms with Crippen LogP contribution in [0.3, 0.4) is 0 Å². The molecule has 0 saturated carbocycles. The first-order chi connectivity index (χ1) is 19.8. The maximum atomic E-state index is 11.9. The lowest BCUT2D eigenvalue weighted by atomic mass is 10.1. The number of benzene rings is 1. The summed E-state index contributed by atoms with van der Waals surface area (Å²) >= 11 is 0. The lowest BCUT2D eigenvalue weighted by Gasteiger charge is -2.14. The fourth-order valence-electron chi connectivity index (χ4n) is 3.34. The van der Waals surface area contributed by atoms with E-state index in [2.05, 4.69) is 27.3 Å². The van der Waals surface area contributed by atoms with Gasteiger partial charge in [0.25, 0.3) is 0 Å². The highest BCUT2D eigenvalue weighted by molar-refractivity contribution is 5.81. The number of aryl methyl sites for hydroxylation is 1. The molecule has 0 bridgehead atoms. The molecule has 0 radical (unpaired) electrons. The monoisotopic (exact) mass is 581 g/mol. The molecule has 0 aliphatic rings. The second-order valence-electron chi connectivity index (χ2n) is 8.70. The van der Waals surface area contributed by atoms with E-state index in [4.69, 9.17) is 24.1 Å². The van der Waals surface area contributed by atoms with Crippen LogP contribution in [0.1, 0.15) is 31.2 Å². The summed E-state index contributed by atoms with van der Waals surface area (Å²) in [4.78, 5) is 46.5. The lowest BCUT2D eigenvalue weighted by molar-refractivity contribution is -0.139. The number of ether oxygens (including phenoxy) is 5. The average molecular weight is 582 g/mol. The zero-order valence-electron chi connectivity index (χ0n) is 23.7. The van der Waals surface area contributed by atoms with Crippen LogP contribution in [0.5, 0.6) is 5.75 Å². The Balaban J connectivity index is 1.91. The van der Waals surface area contributed by atoms with Gasteiger partial charge in [-0.3, -0.25) is 9.59 Å². The van der Waals surface area contributed by atoms with Crippen molar-refractivity contribution in [2.24, 2.45) is 0 Å². The molecule has 3 amide bonds. The van der Waals surface area contributed by atoms with Crippen molar-refractivity contribution in [1.29, 1.82) is 0 Å². The summed E-state index contributed by atoms with van der Waals surface area (Å²) in [6, 6.07) is 6.57. The smallest absolute Gasteiger partial charge is 0.408 e. The number of aliphatic carboxylic acids is 1. The van der Waals surface area contributed by atoms with Gasteiger partial charge in [0.2, 0.25) is 11.8 Å². The molecule has 1 rings (SSSR count). The Labute approximate surface area is 240 Å². The second kappa shape index (κ2) is 23.1. The molecule has 0 aromatic heterocycles. The summed E-state index contributed by atoms with van der Waals surface area (Å²) in [5, 5.41) is 16.8. The van der Waals surface area contributed by atoms with Crippen LogP contribution in [0.25, 0.3) is 0 Å². The summed E-state index contributed by atoms with van der Waals surface area (Å²) in [5.74, 6) is -0.816. The maximum absolute atomic E-state index is 11.9. The summed E-state index contributed by atoms with van der Waals surface area (Å²) in [6.07, 6.45) is 2.34. The van der Waals surface area contributed by atoms with Gasteiger partial charge in [-0.1, -0.05) is 24.8 Å². The van der Waals surface area contributed by atoms with Gasteiger partial charge in [0.1, 0.15) is 18.4 Å². The molecule has 1 atom stereocenters. The second-order valence-corrected chi connectivity index (χ2v) is 8.70. The Bertz CT molecular complexity index is 911. The molecule has 0 saturated heterocycles. The quantitative estimate of drug-likeness (QED) is 0.103. The van der Waals surface area contributed by atoms with Crippen LogP contribution in [-0.2, 0) is 39.8 Å². The van der Waals surface area contributed by atoms with E-state index in [9.17, 15) is 19.2 Å². The first-order valence-corrected chi connectivity index (χ1v) is 13.5. The predicted octanol–water partition coefficient (Wildman–Crippen LogP) is 1.45. The van der Waals surface area contributed by atoms with Crippen molar-refractivity contribution >= 4 is 23.9 Å². The number of carbonyl (C=O) groups is 4. The van der Waals surface area contributed by atoms with Crippen LogP contribution in [0.15, 0.2) is 36.9 Å². The molecule has 1 aromatic rings. The average Bonchev–Trinajstić information content (AvgIpc) is 2.96. The molecule has 0 fully saturated rings. The van der Waals surface area contributed by atoms with E-state index in [1.165, 1.54) is 11.6 Å². The molecule has 1 aromatic carbocycles. The zero-order chi connectivity index (χ0) is 30.1. The van der Waals surface area contributed by atoms with Crippen LogP contribution in [-0.4, -0.2) is 101 Å². The van der Waals surface area contributed by atoms with E-state index in [0.29, 0.717) is 46.0 Å². The van der Waals surface area contributed by atoms with E-state index in [-0.39, 0.29) is 44.4 Å². The third kappa shape index (κ3) is 19.1. The predicted molar refractivity (Wildman–Crippen MR) is 150 cm³/mol. The number of rotatable bonds is 24. The first kappa shape index (κ1) is 35.3. The molecule has 0 heterocycles. The highest BCUT2D eigenvalue weighted by atomic mass is 16.6. The van der Waals surface area contributed by atoms with E-state index >= 15 is 0 Å². The third-order valence-corrected chi connectivity index (χ3v) is 5.49. The minimum atomic E-state index is -1.26. The summed E-state index contributed by atoms with van der Waals surface area (Å²) in [5.41, 5.74) is 1.17. The van der Waals surface area contributed by atoms with Crippen LogP contribution in [0.2, 0.25) is 0 Å². The highest BCUT2D eigenvalue weighted by Gasteiger charge is 2.21. The lowest BCUT2D eigenvalue weighted by Crippen LogP contribution is -2.42. The van der Waals surface area contributed by atoms with Gasteiger partial charge in [-0.2, -0.15) is 0 Å². The van der Waals surface area contributed by atoms with E-state index in [1.54, 1.807) is 7.11 Å². The summed E-state index contributed by atoms with van der Waals surface area (Å²) < 4.78 is 26.0. The number of carbonyl (C=O) groups excluding carboxylic acids is 3. The van der Waals surface area contributed by atoms with Gasteiger partial charge >= 0.3 is 12.1 Å². The molecule has 0 unspecified atom stereocenters. The normalized spacial score (nSPS) is 11.2. The zero-order valence-corrected chi connectivity index (χ0v) is 23.7. The minimum absolute atomic E-state index is 0.00494. The Morgan fingerprint density at radius 1 is 0.878 bits per heavy atom. The molecular weight excluding hydrogens is 538 g/mol. The molecular formula is C28H43N3O10. The van der Waals surface area contributed by atoms with E-state index in [0.717, 1.165) is 18.6 Å². The molecule has 0 aliphatic heterocycles. The molecule has 13 nitrogen and oxygen atoms in total. The van der Waals surface area contributed by atoms with Crippen molar-refractivity contribution in [2.45, 2.75) is 38.1 Å². The number of amides is 3. The third-order valence-electron chi connectivity index (χ3n) is 5.49. The van der Waals surface area contributed by atoms with Crippen molar-refractivity contribution < 1.29 is 48.0 Å². The van der Waals surface area contributed by atoms with E-state index in [1.807, 2.05) is 24.3 Å². The van der Waals surface area contributed by atoms with Crippen molar-refractivity contribution in [3.05, 3.63) is 42.5 Å². The molecule has 4 N–H and O–H groups in total. The molecule has 41 heavy (non-hydrogen) atoms. The summed E-state index contributed by atoms with van der Waals surface area (Å²) in [6.45, 7) is 6.15. The molecule has 0 spiro atoms. The number of nitrogens with one attached hydrogen (secondary N) is 3. The van der Waals surface area contributed by atoms with Gasteiger partial charge in [-0.25, -0.2) is 9.59 Å². The van der Waals surface area contributed by atoms with Crippen LogP contribution < -0.4 is 20.7 Å². The number of alkyl carbamates (subject to hydrolysis) is 1. The van der Waals surface area contributed by atoms with E-state index < -0.39 is 18.1 Å². The van der Waals surface area contributed by atoms with Crippen molar-refractivity contribution in [3.63, 3.8) is 0 Å². The molecule has 0 aliphatic carbocycles. The number of hydrogen-bond acceptors (Lipinski definition) is 9. The fraction of sp³-hybridized carbons (Fsp3) is 0.571. The van der Waals surface area contributed by atoms with Gasteiger partial charge in [0.15, 0.2) is 0 Å². The number of carboxylic acids is 1. The number of methoxy groups -OCH3 is 1. The molecule has 13 heteroatoms. The van der Waals surface area contributed by atoms with Crippen molar-refractivity contribution in [3.8, 4) is 5.75 Å². The van der Waals surface area contributed by atoms with Crippen LogP contribution in [0, 0.1) is 0 Å². The highest BCUT2D eigenvalue weighted by Crippen LogP contribution is 2.13.